The lowest BCUT2D eigenvalue weighted by Crippen LogP contribution is -2.56. The lowest BCUT2D eigenvalue weighted by Gasteiger charge is -2.36. The van der Waals surface area contributed by atoms with Gasteiger partial charge in [0.1, 0.15) is 17.8 Å². The molecule has 0 bridgehead atoms. The SMILES string of the molecule is Cn1nccc1C(=O)NC(C(=O)Nc1ccc(CC(NC(=O)NC2CC2)C(=O)N2CCN(Cc3ccccc3)CC2)cc1)C1CCCCC1. The van der Waals surface area contributed by atoms with Crippen LogP contribution in [0.25, 0.3) is 0 Å². The number of urea groups is 1. The highest BCUT2D eigenvalue weighted by molar-refractivity contribution is 6.00. The van der Waals surface area contributed by atoms with E-state index in [2.05, 4.69) is 43.4 Å². The molecule has 1 aliphatic heterocycles. The molecule has 4 N–H and O–H groups in total. The Labute approximate surface area is 288 Å². The van der Waals surface area contributed by atoms with Crippen LogP contribution in [0.5, 0.6) is 0 Å². The standard InChI is InChI=1S/C37H48N8O4/c1-43-32(18-19-38-43)34(46)42-33(28-10-6-3-7-11-28)35(47)39-29-14-12-26(13-15-29)24-31(41-37(49)40-30-16-17-30)36(48)45-22-20-44(21-23-45)25-27-8-4-2-5-9-27/h2,4-5,8-9,12-15,18-19,28,30-31,33H,3,6-7,10-11,16-17,20-25H2,1H3,(H,39,47)(H,42,46)(H2,40,41,49). The number of hydrogen-bond acceptors (Lipinski definition) is 6. The van der Waals surface area contributed by atoms with Crippen LogP contribution in [0.3, 0.4) is 0 Å². The van der Waals surface area contributed by atoms with Crippen LogP contribution >= 0.6 is 0 Å². The van der Waals surface area contributed by atoms with Gasteiger partial charge in [-0.1, -0.05) is 61.7 Å². The van der Waals surface area contributed by atoms with Gasteiger partial charge in [0.2, 0.25) is 11.8 Å². The van der Waals surface area contributed by atoms with Crippen molar-refractivity contribution in [2.24, 2.45) is 13.0 Å². The van der Waals surface area contributed by atoms with E-state index in [1.165, 1.54) is 10.2 Å². The first-order valence-corrected chi connectivity index (χ1v) is 17.6. The van der Waals surface area contributed by atoms with Crippen LogP contribution in [-0.2, 0) is 29.6 Å². The fraction of sp³-hybridized carbons (Fsp3) is 0.486. The van der Waals surface area contributed by atoms with Gasteiger partial charge in [-0.2, -0.15) is 5.10 Å². The summed E-state index contributed by atoms with van der Waals surface area (Å²) in [4.78, 5) is 57.5. The molecule has 0 spiro atoms. The molecule has 3 aliphatic rings. The number of hydrogen-bond donors (Lipinski definition) is 4. The molecule has 2 heterocycles. The lowest BCUT2D eigenvalue weighted by molar-refractivity contribution is -0.135. The largest absolute Gasteiger partial charge is 0.339 e. The predicted octanol–water partition coefficient (Wildman–Crippen LogP) is 3.45. The minimum atomic E-state index is -0.724. The van der Waals surface area contributed by atoms with Crippen LogP contribution in [-0.4, -0.2) is 87.6 Å². The van der Waals surface area contributed by atoms with Crippen molar-refractivity contribution in [2.75, 3.05) is 31.5 Å². The van der Waals surface area contributed by atoms with Crippen molar-refractivity contribution in [3.8, 4) is 0 Å². The summed E-state index contributed by atoms with van der Waals surface area (Å²) in [5.74, 6) is -0.632. The highest BCUT2D eigenvalue weighted by Crippen LogP contribution is 2.28. The zero-order valence-electron chi connectivity index (χ0n) is 28.3. The van der Waals surface area contributed by atoms with E-state index in [1.807, 2.05) is 47.4 Å². The molecular weight excluding hydrogens is 620 g/mol. The van der Waals surface area contributed by atoms with Gasteiger partial charge < -0.3 is 26.2 Å². The highest BCUT2D eigenvalue weighted by Gasteiger charge is 2.33. The van der Waals surface area contributed by atoms with E-state index in [0.717, 1.165) is 70.1 Å². The predicted molar refractivity (Wildman–Crippen MR) is 187 cm³/mol. The molecule has 2 saturated carbocycles. The smallest absolute Gasteiger partial charge is 0.315 e. The number of aromatic nitrogens is 2. The lowest BCUT2D eigenvalue weighted by atomic mass is 9.83. The molecular formula is C37H48N8O4. The summed E-state index contributed by atoms with van der Waals surface area (Å²) in [6.07, 6.45) is 8.74. The normalized spacial score (nSPS) is 18.3. The van der Waals surface area contributed by atoms with Crippen LogP contribution in [0, 0.1) is 5.92 Å². The van der Waals surface area contributed by atoms with Gasteiger partial charge in [-0.3, -0.25) is 24.0 Å². The first-order valence-electron chi connectivity index (χ1n) is 17.6. The Morgan fingerprint density at radius 2 is 1.53 bits per heavy atom. The van der Waals surface area contributed by atoms with Crippen LogP contribution in [0.15, 0.2) is 66.9 Å². The van der Waals surface area contributed by atoms with Crippen molar-refractivity contribution < 1.29 is 19.2 Å². The number of rotatable bonds is 12. The molecule has 1 aromatic heterocycles. The van der Waals surface area contributed by atoms with E-state index < -0.39 is 12.1 Å². The van der Waals surface area contributed by atoms with Gasteiger partial charge in [0.25, 0.3) is 5.91 Å². The minimum Gasteiger partial charge on any atom is -0.339 e. The average Bonchev–Trinajstić information content (AvgIpc) is 3.83. The quantitative estimate of drug-likeness (QED) is 0.233. The van der Waals surface area contributed by atoms with Crippen LogP contribution in [0.1, 0.15) is 66.6 Å². The van der Waals surface area contributed by atoms with Crippen molar-refractivity contribution in [1.29, 1.82) is 0 Å². The third-order valence-corrected chi connectivity index (χ3v) is 9.85. The van der Waals surface area contributed by atoms with Crippen molar-refractivity contribution in [3.63, 3.8) is 0 Å². The molecule has 260 valence electrons. The Hall–Kier alpha value is -4.71. The minimum absolute atomic E-state index is 0.0463. The molecule has 0 radical (unpaired) electrons. The molecule has 3 aromatic rings. The van der Waals surface area contributed by atoms with E-state index in [1.54, 1.807) is 19.3 Å². The molecule has 2 unspecified atom stereocenters. The molecule has 2 aliphatic carbocycles. The Morgan fingerprint density at radius 3 is 2.18 bits per heavy atom. The van der Waals surface area contributed by atoms with Crippen LogP contribution < -0.4 is 21.3 Å². The Kier molecular flexibility index (Phi) is 11.2. The van der Waals surface area contributed by atoms with Gasteiger partial charge in [-0.15, -0.1) is 0 Å². The summed E-state index contributed by atoms with van der Waals surface area (Å²) in [5.41, 5.74) is 3.10. The van der Waals surface area contributed by atoms with E-state index in [9.17, 15) is 19.2 Å². The number of amides is 5. The van der Waals surface area contributed by atoms with Crippen molar-refractivity contribution in [2.45, 2.75) is 76.0 Å². The Balaban J connectivity index is 1.08. The first kappa shape index (κ1) is 34.2. The molecule has 1 saturated heterocycles. The molecule has 49 heavy (non-hydrogen) atoms. The fourth-order valence-electron chi connectivity index (χ4n) is 6.86. The van der Waals surface area contributed by atoms with E-state index in [0.29, 0.717) is 30.9 Å². The molecule has 12 heteroatoms. The molecule has 6 rings (SSSR count). The van der Waals surface area contributed by atoms with Crippen molar-refractivity contribution in [1.82, 2.24) is 35.5 Å². The fourth-order valence-corrected chi connectivity index (χ4v) is 6.86. The molecule has 2 atom stereocenters. The third-order valence-electron chi connectivity index (χ3n) is 9.85. The molecule has 12 nitrogen and oxygen atoms in total. The average molecular weight is 669 g/mol. The zero-order valence-corrected chi connectivity index (χ0v) is 28.3. The first-order chi connectivity index (χ1) is 23.8. The number of piperazine rings is 1. The van der Waals surface area contributed by atoms with Crippen LogP contribution in [0.4, 0.5) is 10.5 Å². The Bertz CT molecular complexity index is 1580. The summed E-state index contributed by atoms with van der Waals surface area (Å²) in [7, 11) is 1.70. The second-order valence-corrected chi connectivity index (χ2v) is 13.6. The molecule has 2 aromatic carbocycles. The molecule has 5 amide bonds. The van der Waals surface area contributed by atoms with E-state index in [4.69, 9.17) is 0 Å². The van der Waals surface area contributed by atoms with E-state index in [-0.39, 0.29) is 35.7 Å². The maximum Gasteiger partial charge on any atom is 0.315 e. The number of carbonyl (C=O) groups excluding carboxylic acids is 4. The van der Waals surface area contributed by atoms with Crippen LogP contribution in [0.2, 0.25) is 0 Å². The maximum atomic E-state index is 13.8. The zero-order chi connectivity index (χ0) is 34.2. The number of anilines is 1. The molecule has 3 fully saturated rings. The van der Waals surface area contributed by atoms with Gasteiger partial charge in [0.15, 0.2) is 0 Å². The van der Waals surface area contributed by atoms with Gasteiger partial charge in [-0.25, -0.2) is 4.79 Å². The summed E-state index contributed by atoms with van der Waals surface area (Å²) in [5, 5.41) is 16.0. The number of benzene rings is 2. The van der Waals surface area contributed by atoms with Crippen molar-refractivity contribution in [3.05, 3.63) is 83.7 Å². The summed E-state index contributed by atoms with van der Waals surface area (Å²) in [6, 6.07) is 17.8. The maximum absolute atomic E-state index is 13.8. The van der Waals surface area contributed by atoms with E-state index >= 15 is 0 Å². The van der Waals surface area contributed by atoms with Crippen molar-refractivity contribution >= 4 is 29.4 Å². The number of carbonyl (C=O) groups is 4. The summed E-state index contributed by atoms with van der Waals surface area (Å²) >= 11 is 0. The number of nitrogens with zero attached hydrogens (tertiary/aromatic N) is 4. The van der Waals surface area contributed by atoms with Gasteiger partial charge in [-0.05, 0) is 60.9 Å². The van der Waals surface area contributed by atoms with Gasteiger partial charge >= 0.3 is 6.03 Å². The number of nitrogens with one attached hydrogen (secondary N) is 4. The number of aryl methyl sites for hydroxylation is 1. The summed E-state index contributed by atoms with van der Waals surface area (Å²) < 4.78 is 1.50. The highest BCUT2D eigenvalue weighted by atomic mass is 16.2. The van der Waals surface area contributed by atoms with Gasteiger partial charge in [0, 0.05) is 64.1 Å². The monoisotopic (exact) mass is 668 g/mol. The van der Waals surface area contributed by atoms with Gasteiger partial charge in [0.05, 0.1) is 0 Å². The topological polar surface area (TPSA) is 141 Å². The summed E-state index contributed by atoms with van der Waals surface area (Å²) in [6.45, 7) is 3.56. The second kappa shape index (κ2) is 16.1. The third kappa shape index (κ3) is 9.47. The second-order valence-electron chi connectivity index (χ2n) is 13.6. The Morgan fingerprint density at radius 1 is 0.816 bits per heavy atom.